The Hall–Kier alpha value is -2.49. The van der Waals surface area contributed by atoms with E-state index in [0.717, 1.165) is 27.4 Å². The average molecular weight is 444 g/mol. The summed E-state index contributed by atoms with van der Waals surface area (Å²) in [6.45, 7) is 3.85. The normalized spacial score (nSPS) is 20.4. The van der Waals surface area contributed by atoms with Gasteiger partial charge in [-0.05, 0) is 36.0 Å². The molecular weight excluding hydrogens is 426 g/mol. The van der Waals surface area contributed by atoms with E-state index >= 15 is 0 Å². The molecule has 0 unspecified atom stereocenters. The smallest absolute Gasteiger partial charge is 0.284 e. The number of hydrogen-bond donors (Lipinski definition) is 0. The van der Waals surface area contributed by atoms with E-state index in [2.05, 4.69) is 11.0 Å². The van der Waals surface area contributed by atoms with Crippen molar-refractivity contribution in [3.63, 3.8) is 0 Å². The fraction of sp³-hybridized carbons (Fsp3) is 0.100. The van der Waals surface area contributed by atoms with Gasteiger partial charge < -0.3 is 4.90 Å². The minimum absolute atomic E-state index is 0.0833. The summed E-state index contributed by atoms with van der Waals surface area (Å²) in [4.78, 5) is 18.0. The molecule has 2 aromatic carbocycles. The molecule has 0 spiro atoms. The summed E-state index contributed by atoms with van der Waals surface area (Å²) in [6.07, 6.45) is 1.55. The number of benzene rings is 2. The van der Waals surface area contributed by atoms with Gasteiger partial charge in [-0.1, -0.05) is 48.2 Å². The molecule has 2 aliphatic heterocycles. The Bertz CT molecular complexity index is 1160. The second kappa shape index (κ2) is 7.74. The first-order valence-electron chi connectivity index (χ1n) is 8.68. The van der Waals surface area contributed by atoms with E-state index in [-0.39, 0.29) is 22.5 Å². The van der Waals surface area contributed by atoms with E-state index in [0.29, 0.717) is 4.91 Å². The molecule has 0 N–H and O–H groups in total. The van der Waals surface area contributed by atoms with Crippen molar-refractivity contribution in [3.05, 3.63) is 77.2 Å². The minimum atomic E-state index is -3.94. The van der Waals surface area contributed by atoms with Gasteiger partial charge in [0.25, 0.3) is 15.9 Å². The van der Waals surface area contributed by atoms with Crippen molar-refractivity contribution in [2.45, 2.75) is 9.79 Å². The summed E-state index contributed by atoms with van der Waals surface area (Å²) in [5.41, 5.74) is 1.01. The lowest BCUT2D eigenvalue weighted by Gasteiger charge is -2.15. The van der Waals surface area contributed by atoms with Crippen LogP contribution in [0, 0.1) is 0 Å². The molecule has 29 heavy (non-hydrogen) atoms. The quantitative estimate of drug-likeness (QED) is 0.527. The summed E-state index contributed by atoms with van der Waals surface area (Å²) >= 11 is 2.57. The molecule has 9 heteroatoms. The zero-order chi connectivity index (χ0) is 20.6. The predicted molar refractivity (Wildman–Crippen MR) is 118 cm³/mol. The number of para-hydroxylation sites is 1. The number of sulfonamides is 1. The number of anilines is 1. The van der Waals surface area contributed by atoms with Gasteiger partial charge in [0.05, 0.1) is 15.6 Å². The highest BCUT2D eigenvalue weighted by Crippen LogP contribution is 2.49. The Morgan fingerprint density at radius 2 is 1.76 bits per heavy atom. The zero-order valence-electron chi connectivity index (χ0n) is 15.5. The zero-order valence-corrected chi connectivity index (χ0v) is 17.9. The van der Waals surface area contributed by atoms with Crippen LogP contribution in [0.4, 0.5) is 5.69 Å². The van der Waals surface area contributed by atoms with Crippen LogP contribution in [0.15, 0.2) is 91.4 Å². The van der Waals surface area contributed by atoms with Crippen LogP contribution in [0.1, 0.15) is 0 Å². The molecule has 4 rings (SSSR count). The van der Waals surface area contributed by atoms with Crippen molar-refractivity contribution in [1.82, 2.24) is 4.90 Å². The summed E-state index contributed by atoms with van der Waals surface area (Å²) in [6, 6.07) is 15.8. The van der Waals surface area contributed by atoms with Crippen molar-refractivity contribution in [2.24, 2.45) is 4.40 Å². The van der Waals surface area contributed by atoms with E-state index < -0.39 is 10.0 Å². The van der Waals surface area contributed by atoms with Gasteiger partial charge >= 0.3 is 0 Å². The van der Waals surface area contributed by atoms with Crippen LogP contribution in [-0.4, -0.2) is 38.0 Å². The molecule has 2 aliphatic rings. The number of carbonyl (C=O) groups is 1. The van der Waals surface area contributed by atoms with Gasteiger partial charge in [-0.3, -0.25) is 9.69 Å². The molecule has 0 aliphatic carbocycles. The van der Waals surface area contributed by atoms with E-state index in [1.54, 1.807) is 24.3 Å². The average Bonchev–Trinajstić information content (AvgIpc) is 3.20. The molecule has 0 saturated carbocycles. The monoisotopic (exact) mass is 443 g/mol. The SMILES string of the molecule is C=CCN1C(=O)/C(=C2\Sc3ccccc3N2C)SC1=NS(=O)(=O)c1ccccc1. The molecule has 0 atom stereocenters. The third-order valence-electron chi connectivity index (χ3n) is 4.35. The molecule has 1 saturated heterocycles. The van der Waals surface area contributed by atoms with E-state index in [9.17, 15) is 13.2 Å². The minimum Gasteiger partial charge on any atom is -0.337 e. The number of nitrogens with zero attached hydrogens (tertiary/aromatic N) is 3. The van der Waals surface area contributed by atoms with Gasteiger partial charge in [0.2, 0.25) is 0 Å². The van der Waals surface area contributed by atoms with E-state index in [1.807, 2.05) is 36.2 Å². The van der Waals surface area contributed by atoms with Gasteiger partial charge in [0.15, 0.2) is 5.17 Å². The molecule has 0 radical (unpaired) electrons. The van der Waals surface area contributed by atoms with Gasteiger partial charge in [-0.25, -0.2) is 0 Å². The maximum atomic E-state index is 13.1. The first-order valence-corrected chi connectivity index (χ1v) is 11.7. The third kappa shape index (κ3) is 3.61. The van der Waals surface area contributed by atoms with Crippen molar-refractivity contribution < 1.29 is 13.2 Å². The predicted octanol–water partition coefficient (Wildman–Crippen LogP) is 3.90. The Morgan fingerprint density at radius 3 is 2.45 bits per heavy atom. The van der Waals surface area contributed by atoms with Gasteiger partial charge in [0.1, 0.15) is 4.91 Å². The highest BCUT2D eigenvalue weighted by molar-refractivity contribution is 8.19. The fourth-order valence-electron chi connectivity index (χ4n) is 2.94. The van der Waals surface area contributed by atoms with Crippen LogP contribution in [0.25, 0.3) is 0 Å². The van der Waals surface area contributed by atoms with Gasteiger partial charge in [-0.2, -0.15) is 8.42 Å². The Labute approximate surface area is 178 Å². The molecule has 1 fully saturated rings. The number of hydrogen-bond acceptors (Lipinski definition) is 6. The van der Waals surface area contributed by atoms with Crippen LogP contribution in [-0.2, 0) is 14.8 Å². The fourth-order valence-corrected chi connectivity index (χ4v) is 6.50. The van der Waals surface area contributed by atoms with Crippen LogP contribution in [0.3, 0.4) is 0 Å². The molecule has 0 bridgehead atoms. The number of fused-ring (bicyclic) bond motifs is 1. The topological polar surface area (TPSA) is 70.1 Å². The first-order chi connectivity index (χ1) is 13.9. The van der Waals surface area contributed by atoms with Crippen molar-refractivity contribution in [2.75, 3.05) is 18.5 Å². The summed E-state index contributed by atoms with van der Waals surface area (Å²) in [5.74, 6) is -0.279. The molecule has 2 heterocycles. The lowest BCUT2D eigenvalue weighted by molar-refractivity contribution is -0.121. The second-order valence-electron chi connectivity index (χ2n) is 6.23. The number of carbonyl (C=O) groups excluding carboxylic acids is 1. The molecule has 6 nitrogen and oxygen atoms in total. The third-order valence-corrected chi connectivity index (χ3v) is 8.18. The Morgan fingerprint density at radius 1 is 1.07 bits per heavy atom. The summed E-state index contributed by atoms with van der Waals surface area (Å²) in [7, 11) is -2.04. The molecule has 0 aromatic heterocycles. The molecule has 148 valence electrons. The van der Waals surface area contributed by atoms with E-state index in [4.69, 9.17) is 0 Å². The van der Waals surface area contributed by atoms with Gasteiger partial charge in [0, 0.05) is 18.5 Å². The van der Waals surface area contributed by atoms with Crippen LogP contribution in [0.2, 0.25) is 0 Å². The maximum Gasteiger partial charge on any atom is 0.284 e. The van der Waals surface area contributed by atoms with Crippen LogP contribution in [0.5, 0.6) is 0 Å². The Balaban J connectivity index is 1.76. The molecule has 2 aromatic rings. The maximum absolute atomic E-state index is 13.1. The van der Waals surface area contributed by atoms with Crippen LogP contribution < -0.4 is 4.90 Å². The van der Waals surface area contributed by atoms with Crippen molar-refractivity contribution in [3.8, 4) is 0 Å². The molecule has 1 amide bonds. The van der Waals surface area contributed by atoms with E-state index in [1.165, 1.54) is 28.8 Å². The lowest BCUT2D eigenvalue weighted by Crippen LogP contribution is -2.30. The highest BCUT2D eigenvalue weighted by atomic mass is 32.2. The second-order valence-corrected chi connectivity index (χ2v) is 9.84. The lowest BCUT2D eigenvalue weighted by atomic mass is 10.3. The van der Waals surface area contributed by atoms with Crippen LogP contribution >= 0.6 is 23.5 Å². The molecular formula is C20H17N3O3S3. The largest absolute Gasteiger partial charge is 0.337 e. The standard InChI is InChI=1S/C20H17N3O3S3/c1-3-13-23-18(24)17(19-22(2)15-11-7-8-12-16(15)27-19)28-20(23)21-29(25,26)14-9-5-4-6-10-14/h3-12H,1,13H2,2H3/b19-17+,21-20?. The van der Waals surface area contributed by atoms with Crippen molar-refractivity contribution >= 4 is 50.3 Å². The van der Waals surface area contributed by atoms with Gasteiger partial charge in [-0.15, -0.1) is 11.0 Å². The number of thioether (sulfide) groups is 2. The first kappa shape index (κ1) is 19.8. The van der Waals surface area contributed by atoms with Crippen molar-refractivity contribution in [1.29, 1.82) is 0 Å². The summed E-state index contributed by atoms with van der Waals surface area (Å²) in [5, 5.41) is 0.892. The Kier molecular flexibility index (Phi) is 5.28. The number of amides is 1. The summed E-state index contributed by atoms with van der Waals surface area (Å²) < 4.78 is 29.4. The number of amidine groups is 1. The number of rotatable bonds is 4. The highest BCUT2D eigenvalue weighted by Gasteiger charge is 2.39.